The van der Waals surface area contributed by atoms with Gasteiger partial charge in [-0.1, -0.05) is 18.2 Å². The van der Waals surface area contributed by atoms with E-state index in [1.54, 1.807) is 0 Å². The van der Waals surface area contributed by atoms with Crippen LogP contribution in [0.2, 0.25) is 0 Å². The average Bonchev–Trinajstić information content (AvgIpc) is 3.04. The number of rotatable bonds is 5. The summed E-state index contributed by atoms with van der Waals surface area (Å²) in [7, 11) is 1.92. The molecule has 1 aromatic carbocycles. The molecule has 2 aromatic heterocycles. The lowest BCUT2D eigenvalue weighted by Gasteiger charge is -2.20. The van der Waals surface area contributed by atoms with Crippen LogP contribution in [0.15, 0.2) is 42.7 Å². The largest absolute Gasteiger partial charge is 0.352 e. The van der Waals surface area contributed by atoms with Crippen LogP contribution in [0.3, 0.4) is 0 Å². The van der Waals surface area contributed by atoms with Gasteiger partial charge in [0.1, 0.15) is 0 Å². The molecule has 1 saturated carbocycles. The summed E-state index contributed by atoms with van der Waals surface area (Å²) >= 11 is 0. The molecule has 1 saturated heterocycles. The highest BCUT2D eigenvalue weighted by atomic mass is 16.2. The highest BCUT2D eigenvalue weighted by molar-refractivity contribution is 5.83. The first-order valence-corrected chi connectivity index (χ1v) is 9.92. The van der Waals surface area contributed by atoms with E-state index in [0.29, 0.717) is 18.4 Å². The van der Waals surface area contributed by atoms with Crippen molar-refractivity contribution in [3.05, 3.63) is 59.5 Å². The maximum atomic E-state index is 12.6. The molecule has 2 fully saturated rings. The van der Waals surface area contributed by atoms with Crippen LogP contribution in [0.1, 0.15) is 16.8 Å². The zero-order valence-electron chi connectivity index (χ0n) is 16.3. The third kappa shape index (κ3) is 2.98. The Morgan fingerprint density at radius 3 is 2.71 bits per heavy atom. The lowest BCUT2D eigenvalue weighted by Crippen LogP contribution is -2.31. The Bertz CT molecular complexity index is 1030. The van der Waals surface area contributed by atoms with Crippen molar-refractivity contribution in [1.82, 2.24) is 25.0 Å². The Morgan fingerprint density at radius 1 is 1.18 bits per heavy atom. The molecule has 0 bridgehead atoms. The molecule has 1 unspecified atom stereocenters. The normalized spacial score (nSPS) is 23.7. The van der Waals surface area contributed by atoms with Crippen LogP contribution in [0.25, 0.3) is 10.9 Å². The molecule has 3 atom stereocenters. The van der Waals surface area contributed by atoms with E-state index in [1.807, 2.05) is 37.1 Å². The molecule has 0 spiro atoms. The predicted molar refractivity (Wildman–Crippen MR) is 107 cm³/mol. The van der Waals surface area contributed by atoms with Crippen LogP contribution in [-0.2, 0) is 24.9 Å². The van der Waals surface area contributed by atoms with E-state index < -0.39 is 0 Å². The number of nitrogens with one attached hydrogen (secondary N) is 1. The Morgan fingerprint density at radius 2 is 1.96 bits per heavy atom. The molecule has 0 radical (unpaired) electrons. The van der Waals surface area contributed by atoms with Crippen LogP contribution in [0.4, 0.5) is 0 Å². The van der Waals surface area contributed by atoms with Crippen molar-refractivity contribution in [3.8, 4) is 0 Å². The Labute approximate surface area is 164 Å². The minimum atomic E-state index is 0.183. The highest BCUT2D eigenvalue weighted by Crippen LogP contribution is 2.52. The number of aromatic nitrogens is 3. The van der Waals surface area contributed by atoms with Crippen LogP contribution in [0, 0.1) is 24.7 Å². The average molecular weight is 375 g/mol. The summed E-state index contributed by atoms with van der Waals surface area (Å²) in [5.41, 5.74) is 4.56. The fraction of sp³-hybridized carbons (Fsp3) is 0.409. The number of likely N-dealkylation sites (tertiary alicyclic amines) is 1. The van der Waals surface area contributed by atoms with Crippen LogP contribution in [-0.4, -0.2) is 38.7 Å². The van der Waals surface area contributed by atoms with Gasteiger partial charge < -0.3 is 5.32 Å². The van der Waals surface area contributed by atoms with Gasteiger partial charge in [0, 0.05) is 62.0 Å². The van der Waals surface area contributed by atoms with E-state index in [1.165, 1.54) is 10.9 Å². The number of amides is 1. The van der Waals surface area contributed by atoms with Crippen molar-refractivity contribution in [2.75, 3.05) is 13.1 Å². The molecule has 144 valence electrons. The summed E-state index contributed by atoms with van der Waals surface area (Å²) in [6.07, 6.45) is 3.73. The molecule has 5 rings (SSSR count). The second kappa shape index (κ2) is 6.71. The summed E-state index contributed by atoms with van der Waals surface area (Å²) in [5.74, 6) is 1.39. The van der Waals surface area contributed by atoms with E-state index in [-0.39, 0.29) is 11.8 Å². The van der Waals surface area contributed by atoms with E-state index in [2.05, 4.69) is 44.6 Å². The number of pyridine rings is 1. The molecule has 28 heavy (non-hydrogen) atoms. The lowest BCUT2D eigenvalue weighted by molar-refractivity contribution is -0.123. The van der Waals surface area contributed by atoms with Gasteiger partial charge in [0.15, 0.2) is 0 Å². The standard InChI is InChI=1S/C22H25N5O/c1-14-16(10-25-26(14)2)9-24-22(28)21-18-12-27(13-19(18)21)11-15-7-8-23-20-6-4-3-5-17(15)20/h3-8,10,18-19,21H,9,11-13H2,1-2H3,(H,24,28)/t18-,19+,21?. The number of hydrogen-bond acceptors (Lipinski definition) is 4. The summed E-state index contributed by atoms with van der Waals surface area (Å²) in [6.45, 7) is 5.54. The minimum absolute atomic E-state index is 0.183. The topological polar surface area (TPSA) is 63.1 Å². The maximum Gasteiger partial charge on any atom is 0.224 e. The number of nitrogens with zero attached hydrogens (tertiary/aromatic N) is 4. The molecule has 1 amide bonds. The third-order valence-corrected chi connectivity index (χ3v) is 6.50. The van der Waals surface area contributed by atoms with Crippen LogP contribution >= 0.6 is 0 Å². The van der Waals surface area contributed by atoms with Crippen molar-refractivity contribution in [1.29, 1.82) is 0 Å². The number of carbonyl (C=O) groups is 1. The second-order valence-electron chi connectivity index (χ2n) is 8.13. The second-order valence-corrected chi connectivity index (χ2v) is 8.13. The summed E-state index contributed by atoms with van der Waals surface area (Å²) < 4.78 is 1.84. The van der Waals surface area contributed by atoms with E-state index in [9.17, 15) is 4.79 Å². The summed E-state index contributed by atoms with van der Waals surface area (Å²) in [4.78, 5) is 19.5. The quantitative estimate of drug-likeness (QED) is 0.743. The van der Waals surface area contributed by atoms with Gasteiger partial charge in [0.25, 0.3) is 0 Å². The minimum Gasteiger partial charge on any atom is -0.352 e. The van der Waals surface area contributed by atoms with Crippen molar-refractivity contribution >= 4 is 16.8 Å². The molecule has 3 aromatic rings. The number of piperidine rings is 1. The molecule has 3 heterocycles. The van der Waals surface area contributed by atoms with E-state index in [0.717, 1.165) is 36.4 Å². The van der Waals surface area contributed by atoms with Gasteiger partial charge in [0.05, 0.1) is 11.7 Å². The molecular formula is C22H25N5O. The zero-order chi connectivity index (χ0) is 19.3. The van der Waals surface area contributed by atoms with Crippen molar-refractivity contribution in [2.45, 2.75) is 20.0 Å². The van der Waals surface area contributed by atoms with Crippen LogP contribution < -0.4 is 5.32 Å². The monoisotopic (exact) mass is 375 g/mol. The van der Waals surface area contributed by atoms with Gasteiger partial charge in [-0.05, 0) is 36.5 Å². The van der Waals surface area contributed by atoms with Gasteiger partial charge in [-0.2, -0.15) is 5.10 Å². The van der Waals surface area contributed by atoms with Gasteiger partial charge in [-0.25, -0.2) is 0 Å². The van der Waals surface area contributed by atoms with Gasteiger partial charge in [0.2, 0.25) is 5.91 Å². The first-order valence-electron chi connectivity index (χ1n) is 9.92. The molecule has 6 heteroatoms. The summed E-state index contributed by atoms with van der Waals surface area (Å²) in [5, 5.41) is 8.58. The number of fused-ring (bicyclic) bond motifs is 2. The molecule has 1 aliphatic heterocycles. The molecule has 6 nitrogen and oxygen atoms in total. The van der Waals surface area contributed by atoms with Gasteiger partial charge in [-0.3, -0.25) is 19.4 Å². The van der Waals surface area contributed by atoms with Crippen molar-refractivity contribution < 1.29 is 4.79 Å². The number of carbonyl (C=O) groups excluding carboxylic acids is 1. The maximum absolute atomic E-state index is 12.6. The van der Waals surface area contributed by atoms with Gasteiger partial charge >= 0.3 is 0 Å². The predicted octanol–water partition coefficient (Wildman–Crippen LogP) is 2.27. The molecule has 1 N–H and O–H groups in total. The lowest BCUT2D eigenvalue weighted by atomic mass is 10.1. The van der Waals surface area contributed by atoms with Gasteiger partial charge in [-0.15, -0.1) is 0 Å². The number of para-hydroxylation sites is 1. The van der Waals surface area contributed by atoms with E-state index in [4.69, 9.17) is 0 Å². The third-order valence-electron chi connectivity index (χ3n) is 6.50. The van der Waals surface area contributed by atoms with Crippen molar-refractivity contribution in [2.24, 2.45) is 24.8 Å². The van der Waals surface area contributed by atoms with Crippen LogP contribution in [0.5, 0.6) is 0 Å². The van der Waals surface area contributed by atoms with Crippen molar-refractivity contribution in [3.63, 3.8) is 0 Å². The smallest absolute Gasteiger partial charge is 0.224 e. The molecular weight excluding hydrogens is 350 g/mol. The Balaban J connectivity index is 1.17. The number of benzene rings is 1. The zero-order valence-corrected chi connectivity index (χ0v) is 16.3. The first kappa shape index (κ1) is 17.4. The fourth-order valence-electron chi connectivity index (χ4n) is 4.68. The Kier molecular flexibility index (Phi) is 4.16. The fourth-order valence-corrected chi connectivity index (χ4v) is 4.68. The number of hydrogen-bond donors (Lipinski definition) is 1. The first-order chi connectivity index (χ1) is 13.6. The molecule has 1 aliphatic carbocycles. The van der Waals surface area contributed by atoms with E-state index >= 15 is 0 Å². The summed E-state index contributed by atoms with van der Waals surface area (Å²) in [6, 6.07) is 10.4. The Hall–Kier alpha value is -2.73. The SMILES string of the molecule is Cc1c(CNC(=O)C2[C@H]3CN(Cc4ccnc5ccccc45)C[C@@H]23)cnn1C. The molecule has 2 aliphatic rings. The number of aryl methyl sites for hydroxylation is 1. The highest BCUT2D eigenvalue weighted by Gasteiger charge is 2.59.